The maximum absolute atomic E-state index is 12.3. The predicted octanol–water partition coefficient (Wildman–Crippen LogP) is 2.66. The smallest absolute Gasteiger partial charge is 0.335 e. The third-order valence-electron chi connectivity index (χ3n) is 3.92. The van der Waals surface area contributed by atoms with Crippen molar-refractivity contribution >= 4 is 40.0 Å². The van der Waals surface area contributed by atoms with Crippen molar-refractivity contribution in [2.24, 2.45) is 0 Å². The molecule has 0 radical (unpaired) electrons. The van der Waals surface area contributed by atoms with Gasteiger partial charge in [0.1, 0.15) is 4.90 Å². The molecule has 9 heteroatoms. The molecule has 1 aromatic carbocycles. The molecule has 0 spiro atoms. The van der Waals surface area contributed by atoms with Gasteiger partial charge in [-0.15, -0.1) is 12.4 Å². The molecule has 2 rings (SSSR count). The van der Waals surface area contributed by atoms with Crippen molar-refractivity contribution in [1.29, 1.82) is 0 Å². The molecule has 0 aliphatic heterocycles. The molecular weight excluding hydrogens is 375 g/mol. The summed E-state index contributed by atoms with van der Waals surface area (Å²) < 4.78 is 27.0. The van der Waals surface area contributed by atoms with Crippen LogP contribution in [0.15, 0.2) is 23.1 Å². The highest BCUT2D eigenvalue weighted by atomic mass is 35.5. The Morgan fingerprint density at radius 2 is 1.88 bits per heavy atom. The lowest BCUT2D eigenvalue weighted by atomic mass is 9.96. The summed E-state index contributed by atoms with van der Waals surface area (Å²) >= 11 is 5.89. The van der Waals surface area contributed by atoms with Gasteiger partial charge >= 0.3 is 5.97 Å². The second-order valence-electron chi connectivity index (χ2n) is 5.64. The van der Waals surface area contributed by atoms with Crippen LogP contribution in [-0.4, -0.2) is 38.6 Å². The van der Waals surface area contributed by atoms with Gasteiger partial charge in [0.2, 0.25) is 10.0 Å². The van der Waals surface area contributed by atoms with E-state index in [1.54, 1.807) is 0 Å². The third-order valence-corrected chi connectivity index (χ3v) is 5.87. The Morgan fingerprint density at radius 3 is 2.50 bits per heavy atom. The van der Waals surface area contributed by atoms with E-state index in [9.17, 15) is 13.2 Å². The zero-order valence-corrected chi connectivity index (χ0v) is 15.5. The largest absolute Gasteiger partial charge is 0.478 e. The minimum Gasteiger partial charge on any atom is -0.478 e. The second kappa shape index (κ2) is 9.58. The van der Waals surface area contributed by atoms with Crippen molar-refractivity contribution in [1.82, 2.24) is 10.0 Å². The van der Waals surface area contributed by atoms with E-state index in [1.807, 2.05) is 0 Å². The first-order chi connectivity index (χ1) is 10.9. The number of benzene rings is 1. The SMILES string of the molecule is Cl.O=C(O)c1ccc(Cl)c(S(=O)(=O)NCCNC2CCCCC2)c1. The molecule has 1 saturated carbocycles. The molecule has 0 amide bonds. The number of nitrogens with one attached hydrogen (secondary N) is 2. The Labute approximate surface area is 153 Å². The fraction of sp³-hybridized carbons (Fsp3) is 0.533. The summed E-state index contributed by atoms with van der Waals surface area (Å²) in [4.78, 5) is 10.7. The lowest BCUT2D eigenvalue weighted by Crippen LogP contribution is -2.38. The molecule has 1 aliphatic carbocycles. The summed E-state index contributed by atoms with van der Waals surface area (Å²) in [5, 5.41) is 12.3. The van der Waals surface area contributed by atoms with Crippen LogP contribution >= 0.6 is 24.0 Å². The minimum atomic E-state index is -3.84. The van der Waals surface area contributed by atoms with Gasteiger partial charge in [-0.3, -0.25) is 0 Å². The van der Waals surface area contributed by atoms with Gasteiger partial charge in [0.15, 0.2) is 0 Å². The first kappa shape index (κ1) is 21.2. The first-order valence-corrected chi connectivity index (χ1v) is 9.52. The quantitative estimate of drug-likeness (QED) is 0.615. The van der Waals surface area contributed by atoms with Gasteiger partial charge in [0.25, 0.3) is 0 Å². The molecule has 0 atom stereocenters. The topological polar surface area (TPSA) is 95.5 Å². The van der Waals surface area contributed by atoms with Gasteiger partial charge in [-0.25, -0.2) is 17.9 Å². The number of rotatable bonds is 7. The summed E-state index contributed by atoms with van der Waals surface area (Å²) in [5.41, 5.74) is -0.116. The molecule has 0 bridgehead atoms. The van der Waals surface area contributed by atoms with Crippen LogP contribution < -0.4 is 10.0 Å². The summed E-state index contributed by atoms with van der Waals surface area (Å²) in [6, 6.07) is 4.07. The van der Waals surface area contributed by atoms with Gasteiger partial charge in [-0.2, -0.15) is 0 Å². The maximum Gasteiger partial charge on any atom is 0.335 e. The van der Waals surface area contributed by atoms with E-state index in [1.165, 1.54) is 31.4 Å². The van der Waals surface area contributed by atoms with Gasteiger partial charge in [-0.05, 0) is 31.0 Å². The van der Waals surface area contributed by atoms with Crippen LogP contribution in [0.5, 0.6) is 0 Å². The van der Waals surface area contributed by atoms with E-state index in [0.717, 1.165) is 18.9 Å². The van der Waals surface area contributed by atoms with E-state index in [2.05, 4.69) is 10.0 Å². The number of halogens is 2. The minimum absolute atomic E-state index is 0. The van der Waals surface area contributed by atoms with Crippen molar-refractivity contribution in [3.8, 4) is 0 Å². The number of carboxylic acid groups (broad SMARTS) is 1. The predicted molar refractivity (Wildman–Crippen MR) is 95.7 cm³/mol. The number of carboxylic acids is 1. The molecule has 24 heavy (non-hydrogen) atoms. The zero-order chi connectivity index (χ0) is 16.9. The summed E-state index contributed by atoms with van der Waals surface area (Å²) in [5.74, 6) is -1.20. The lowest BCUT2D eigenvalue weighted by Gasteiger charge is -2.22. The van der Waals surface area contributed by atoms with Crippen LogP contribution in [0.4, 0.5) is 0 Å². The Hall–Kier alpha value is -0.860. The normalized spacial score (nSPS) is 15.7. The summed E-state index contributed by atoms with van der Waals surface area (Å²) in [7, 11) is -3.84. The van der Waals surface area contributed by atoms with Crippen LogP contribution in [0.2, 0.25) is 5.02 Å². The highest BCUT2D eigenvalue weighted by molar-refractivity contribution is 7.89. The number of carbonyl (C=O) groups is 1. The van der Waals surface area contributed by atoms with Crippen LogP contribution in [0.1, 0.15) is 42.5 Å². The molecule has 136 valence electrons. The Kier molecular flexibility index (Phi) is 8.45. The summed E-state index contributed by atoms with van der Waals surface area (Å²) in [6.45, 7) is 0.757. The van der Waals surface area contributed by atoms with Crippen molar-refractivity contribution in [3.63, 3.8) is 0 Å². The fourth-order valence-corrected chi connectivity index (χ4v) is 4.24. The summed E-state index contributed by atoms with van der Waals surface area (Å²) in [6.07, 6.45) is 5.93. The lowest BCUT2D eigenvalue weighted by molar-refractivity contribution is 0.0696. The molecule has 6 nitrogen and oxygen atoms in total. The number of aromatic carboxylic acids is 1. The maximum atomic E-state index is 12.3. The van der Waals surface area contributed by atoms with E-state index < -0.39 is 16.0 Å². The van der Waals surface area contributed by atoms with E-state index in [0.29, 0.717) is 12.6 Å². The van der Waals surface area contributed by atoms with Crippen molar-refractivity contribution in [2.75, 3.05) is 13.1 Å². The third kappa shape index (κ3) is 5.89. The second-order valence-corrected chi connectivity index (χ2v) is 7.78. The molecule has 0 unspecified atom stereocenters. The van der Waals surface area contributed by atoms with Crippen LogP contribution in [0.3, 0.4) is 0 Å². The number of sulfonamides is 1. The van der Waals surface area contributed by atoms with Crippen molar-refractivity contribution < 1.29 is 18.3 Å². The standard InChI is InChI=1S/C15H21ClN2O4S.ClH/c16-13-7-6-11(15(19)20)10-14(13)23(21,22)18-9-8-17-12-4-2-1-3-5-12;/h6-7,10,12,17-18H,1-5,8-9H2,(H,19,20);1H. The molecule has 1 aliphatic rings. The molecular formula is C15H22Cl2N2O4S. The molecule has 1 fully saturated rings. The average Bonchev–Trinajstić information content (AvgIpc) is 2.52. The van der Waals surface area contributed by atoms with Gasteiger partial charge in [0.05, 0.1) is 10.6 Å². The van der Waals surface area contributed by atoms with Crippen molar-refractivity contribution in [3.05, 3.63) is 28.8 Å². The Bertz CT molecular complexity index is 661. The van der Waals surface area contributed by atoms with E-state index in [4.69, 9.17) is 16.7 Å². The zero-order valence-electron chi connectivity index (χ0n) is 13.1. The van der Waals surface area contributed by atoms with Crippen LogP contribution in [-0.2, 0) is 10.0 Å². The number of hydrogen-bond acceptors (Lipinski definition) is 4. The van der Waals surface area contributed by atoms with Crippen LogP contribution in [0, 0.1) is 0 Å². The monoisotopic (exact) mass is 396 g/mol. The van der Waals surface area contributed by atoms with Crippen molar-refractivity contribution in [2.45, 2.75) is 43.0 Å². The van der Waals surface area contributed by atoms with Gasteiger partial charge in [0, 0.05) is 19.1 Å². The fourth-order valence-electron chi connectivity index (χ4n) is 2.69. The van der Waals surface area contributed by atoms with Gasteiger partial charge in [-0.1, -0.05) is 30.9 Å². The average molecular weight is 397 g/mol. The van der Waals surface area contributed by atoms with Crippen LogP contribution in [0.25, 0.3) is 0 Å². The molecule has 0 aromatic heterocycles. The molecule has 1 aromatic rings. The van der Waals surface area contributed by atoms with Gasteiger partial charge < -0.3 is 10.4 Å². The van der Waals surface area contributed by atoms with E-state index >= 15 is 0 Å². The number of hydrogen-bond donors (Lipinski definition) is 3. The highest BCUT2D eigenvalue weighted by Crippen LogP contribution is 2.22. The van der Waals surface area contributed by atoms with E-state index in [-0.39, 0.29) is 34.4 Å². The highest BCUT2D eigenvalue weighted by Gasteiger charge is 2.20. The molecule has 0 saturated heterocycles. The Morgan fingerprint density at radius 1 is 1.21 bits per heavy atom. The Balaban J connectivity index is 0.00000288. The molecule has 3 N–H and O–H groups in total. The first-order valence-electron chi connectivity index (χ1n) is 7.66. The molecule has 0 heterocycles.